The zero-order valence-electron chi connectivity index (χ0n) is 14.0. The van der Waals surface area contributed by atoms with Crippen LogP contribution in [0.15, 0.2) is 18.2 Å². The zero-order chi connectivity index (χ0) is 17.0. The number of hydrogen-bond donors (Lipinski definition) is 2. The van der Waals surface area contributed by atoms with E-state index in [9.17, 15) is 9.59 Å². The number of anilines is 1. The second-order valence-electron chi connectivity index (χ2n) is 5.93. The van der Waals surface area contributed by atoms with E-state index in [0.29, 0.717) is 26.1 Å². The largest absolute Gasteiger partial charge is 0.395 e. The molecule has 1 fully saturated rings. The maximum absolute atomic E-state index is 12.2. The van der Waals surface area contributed by atoms with E-state index in [1.54, 1.807) is 4.90 Å². The number of aryl methyl sites for hydroxylation is 2. The number of carbonyl (C=O) groups excluding carboxylic acids is 2. The molecule has 1 atom stereocenters. The Labute approximate surface area is 137 Å². The summed E-state index contributed by atoms with van der Waals surface area (Å²) in [5.41, 5.74) is 3.20. The summed E-state index contributed by atoms with van der Waals surface area (Å²) >= 11 is 0. The number of hydrogen-bond acceptors (Lipinski definition) is 3. The fraction of sp³-hybridized carbons (Fsp3) is 0.529. The molecule has 1 aromatic carbocycles. The number of nitrogens with one attached hydrogen (secondary N) is 1. The van der Waals surface area contributed by atoms with Gasteiger partial charge in [0.25, 0.3) is 0 Å². The van der Waals surface area contributed by atoms with Crippen molar-refractivity contribution < 1.29 is 14.7 Å². The van der Waals surface area contributed by atoms with Crippen molar-refractivity contribution in [3.63, 3.8) is 0 Å². The van der Waals surface area contributed by atoms with Gasteiger partial charge in [0, 0.05) is 31.7 Å². The van der Waals surface area contributed by atoms with Crippen molar-refractivity contribution in [1.82, 2.24) is 10.2 Å². The molecule has 6 nitrogen and oxygen atoms in total. The molecule has 2 N–H and O–H groups in total. The van der Waals surface area contributed by atoms with Gasteiger partial charge >= 0.3 is 6.03 Å². The summed E-state index contributed by atoms with van der Waals surface area (Å²) in [4.78, 5) is 27.6. The summed E-state index contributed by atoms with van der Waals surface area (Å²) in [6, 6.07) is 5.51. The predicted molar refractivity (Wildman–Crippen MR) is 89.5 cm³/mol. The second kappa shape index (κ2) is 7.46. The lowest BCUT2D eigenvalue weighted by atomic mass is 10.1. The first-order chi connectivity index (χ1) is 11.0. The van der Waals surface area contributed by atoms with E-state index in [2.05, 4.69) is 5.32 Å². The van der Waals surface area contributed by atoms with Crippen LogP contribution in [0.2, 0.25) is 0 Å². The second-order valence-corrected chi connectivity index (χ2v) is 5.93. The van der Waals surface area contributed by atoms with Gasteiger partial charge < -0.3 is 20.2 Å². The minimum absolute atomic E-state index is 0.0174. The first-order valence-corrected chi connectivity index (χ1v) is 8.00. The molecule has 1 unspecified atom stereocenters. The van der Waals surface area contributed by atoms with E-state index in [4.69, 9.17) is 5.11 Å². The van der Waals surface area contributed by atoms with Crippen molar-refractivity contribution in [2.45, 2.75) is 33.2 Å². The Kier molecular flexibility index (Phi) is 5.60. The van der Waals surface area contributed by atoms with Gasteiger partial charge in [0.15, 0.2) is 0 Å². The first-order valence-electron chi connectivity index (χ1n) is 8.00. The molecule has 0 saturated carbocycles. The zero-order valence-corrected chi connectivity index (χ0v) is 14.0. The fourth-order valence-corrected chi connectivity index (χ4v) is 2.74. The Balaban J connectivity index is 2.02. The van der Waals surface area contributed by atoms with E-state index in [0.717, 1.165) is 11.3 Å². The van der Waals surface area contributed by atoms with Crippen LogP contribution < -0.4 is 10.2 Å². The summed E-state index contributed by atoms with van der Waals surface area (Å²) in [6.45, 7) is 7.14. The van der Waals surface area contributed by atoms with E-state index < -0.39 is 0 Å². The normalized spacial score (nSPS) is 17.5. The third kappa shape index (κ3) is 4.01. The van der Waals surface area contributed by atoms with Crippen LogP contribution in [0, 0.1) is 13.8 Å². The Bertz CT molecular complexity index is 588. The van der Waals surface area contributed by atoms with Crippen molar-refractivity contribution in [2.75, 3.05) is 31.1 Å². The molecule has 1 aliphatic rings. The van der Waals surface area contributed by atoms with Crippen LogP contribution in [0.25, 0.3) is 0 Å². The molecule has 1 aromatic rings. The Hall–Kier alpha value is -2.08. The number of amides is 3. The smallest absolute Gasteiger partial charge is 0.317 e. The van der Waals surface area contributed by atoms with Crippen molar-refractivity contribution >= 4 is 17.6 Å². The summed E-state index contributed by atoms with van der Waals surface area (Å²) < 4.78 is 0. The number of carbonyl (C=O) groups is 2. The van der Waals surface area contributed by atoms with Crippen molar-refractivity contribution in [1.29, 1.82) is 0 Å². The molecule has 0 spiro atoms. The highest BCUT2D eigenvalue weighted by Crippen LogP contribution is 2.24. The molecule has 1 heterocycles. The van der Waals surface area contributed by atoms with Gasteiger partial charge in [0.1, 0.15) is 0 Å². The molecule has 2 rings (SSSR count). The van der Waals surface area contributed by atoms with Gasteiger partial charge in [-0.3, -0.25) is 4.79 Å². The van der Waals surface area contributed by atoms with Gasteiger partial charge in [-0.15, -0.1) is 0 Å². The lowest BCUT2D eigenvalue weighted by molar-refractivity contribution is -0.117. The van der Waals surface area contributed by atoms with Crippen LogP contribution in [0.1, 0.15) is 24.5 Å². The highest BCUT2D eigenvalue weighted by molar-refractivity contribution is 5.96. The van der Waals surface area contributed by atoms with E-state index in [1.807, 2.05) is 39.0 Å². The van der Waals surface area contributed by atoms with Crippen LogP contribution in [-0.2, 0) is 4.79 Å². The lowest BCUT2D eigenvalue weighted by Crippen LogP contribution is -2.46. The monoisotopic (exact) mass is 319 g/mol. The number of benzene rings is 1. The highest BCUT2D eigenvalue weighted by Gasteiger charge is 2.32. The third-order valence-corrected chi connectivity index (χ3v) is 4.29. The molecule has 0 bridgehead atoms. The van der Waals surface area contributed by atoms with Crippen LogP contribution in [-0.4, -0.2) is 54.2 Å². The molecule has 6 heteroatoms. The first kappa shape index (κ1) is 17.3. The van der Waals surface area contributed by atoms with Crippen LogP contribution in [0.4, 0.5) is 10.5 Å². The van der Waals surface area contributed by atoms with Gasteiger partial charge in [-0.2, -0.15) is 0 Å². The number of rotatable bonds is 5. The molecular formula is C17H25N3O3. The van der Waals surface area contributed by atoms with E-state index in [1.165, 1.54) is 10.5 Å². The molecule has 0 aliphatic carbocycles. The summed E-state index contributed by atoms with van der Waals surface area (Å²) in [7, 11) is 0. The maximum Gasteiger partial charge on any atom is 0.317 e. The molecule has 1 aliphatic heterocycles. The van der Waals surface area contributed by atoms with Crippen molar-refractivity contribution in [2.24, 2.45) is 0 Å². The lowest BCUT2D eigenvalue weighted by Gasteiger charge is -2.23. The minimum atomic E-state index is -0.235. The van der Waals surface area contributed by atoms with Crippen LogP contribution in [0.3, 0.4) is 0 Å². The van der Waals surface area contributed by atoms with Crippen LogP contribution in [0.5, 0.6) is 0 Å². The average Bonchev–Trinajstić information content (AvgIpc) is 2.88. The Morgan fingerprint density at radius 3 is 2.74 bits per heavy atom. The van der Waals surface area contributed by atoms with E-state index in [-0.39, 0.29) is 24.6 Å². The number of aliphatic hydroxyl groups is 1. The molecule has 1 saturated heterocycles. The number of aliphatic hydroxyl groups excluding tert-OH is 1. The fourth-order valence-electron chi connectivity index (χ4n) is 2.74. The SMILES string of the molecule is CCN(CCO)C(=O)NC1CC(=O)N(c2ccc(C)c(C)c2)C1. The van der Waals surface area contributed by atoms with Gasteiger partial charge in [-0.1, -0.05) is 6.07 Å². The molecule has 126 valence electrons. The van der Waals surface area contributed by atoms with E-state index >= 15 is 0 Å². The topological polar surface area (TPSA) is 72.9 Å². The van der Waals surface area contributed by atoms with Gasteiger partial charge in [-0.05, 0) is 44.0 Å². The molecular weight excluding hydrogens is 294 g/mol. The summed E-state index contributed by atoms with van der Waals surface area (Å²) in [5, 5.41) is 11.9. The molecule has 0 radical (unpaired) electrons. The quantitative estimate of drug-likeness (QED) is 0.862. The molecule has 0 aromatic heterocycles. The molecule has 23 heavy (non-hydrogen) atoms. The standard InChI is InChI=1S/C17H25N3O3/c1-4-19(7-8-21)17(23)18-14-10-16(22)20(11-14)15-6-5-12(2)13(3)9-15/h5-6,9,14,21H,4,7-8,10-11H2,1-3H3,(H,18,23). The highest BCUT2D eigenvalue weighted by atomic mass is 16.3. The van der Waals surface area contributed by atoms with Crippen LogP contribution >= 0.6 is 0 Å². The summed E-state index contributed by atoms with van der Waals surface area (Å²) in [5.74, 6) is 0.0174. The van der Waals surface area contributed by atoms with Crippen molar-refractivity contribution in [3.8, 4) is 0 Å². The van der Waals surface area contributed by atoms with Gasteiger partial charge in [-0.25, -0.2) is 4.79 Å². The maximum atomic E-state index is 12.2. The summed E-state index contributed by atoms with van der Waals surface area (Å²) in [6.07, 6.45) is 0.301. The third-order valence-electron chi connectivity index (χ3n) is 4.29. The van der Waals surface area contributed by atoms with Gasteiger partial charge in [0.05, 0.1) is 12.6 Å². The average molecular weight is 319 g/mol. The Morgan fingerprint density at radius 1 is 1.39 bits per heavy atom. The predicted octanol–water partition coefficient (Wildman–Crippen LogP) is 1.43. The number of likely N-dealkylation sites (N-methyl/N-ethyl adjacent to an activating group) is 1. The minimum Gasteiger partial charge on any atom is -0.395 e. The van der Waals surface area contributed by atoms with Crippen molar-refractivity contribution in [3.05, 3.63) is 29.3 Å². The Morgan fingerprint density at radius 2 is 2.13 bits per heavy atom. The van der Waals surface area contributed by atoms with Gasteiger partial charge in [0.2, 0.25) is 5.91 Å². The molecule has 3 amide bonds. The number of urea groups is 1. The number of nitrogens with zero attached hydrogens (tertiary/aromatic N) is 2.